The maximum Gasteiger partial charge on any atom is 0.306 e. The number of aliphatic carboxylic acids is 1. The van der Waals surface area contributed by atoms with Crippen LogP contribution < -0.4 is 0 Å². The van der Waals surface area contributed by atoms with Crippen LogP contribution in [0.1, 0.15) is 45.4 Å². The molecule has 0 saturated heterocycles. The van der Waals surface area contributed by atoms with Gasteiger partial charge in [0.15, 0.2) is 0 Å². The molecule has 1 rings (SSSR count). The molecule has 0 bridgehead atoms. The van der Waals surface area contributed by atoms with E-state index in [4.69, 9.17) is 5.11 Å². The smallest absolute Gasteiger partial charge is 0.306 e. The first-order valence-corrected chi connectivity index (χ1v) is 4.98. The number of hydrogen-bond donors (Lipinski definition) is 1. The van der Waals surface area contributed by atoms with Crippen molar-refractivity contribution < 1.29 is 9.90 Å². The molecular weight excluding hydrogens is 152 g/mol. The molecule has 0 amide bonds. The van der Waals surface area contributed by atoms with E-state index >= 15 is 0 Å². The molecule has 1 N–H and O–H groups in total. The maximum absolute atomic E-state index is 10.8. The van der Waals surface area contributed by atoms with Gasteiger partial charge in [0.1, 0.15) is 0 Å². The molecule has 0 heterocycles. The lowest BCUT2D eigenvalue weighted by Gasteiger charge is -2.31. The summed E-state index contributed by atoms with van der Waals surface area (Å²) in [6.45, 7) is 2.11. The van der Waals surface area contributed by atoms with Crippen LogP contribution in [0.15, 0.2) is 0 Å². The SMILES string of the molecule is CCCC[C@H](C(=O)O)C1CCC1. The number of carboxylic acids is 1. The van der Waals surface area contributed by atoms with Gasteiger partial charge in [-0.3, -0.25) is 4.79 Å². The first-order chi connectivity index (χ1) is 5.75. The van der Waals surface area contributed by atoms with E-state index in [2.05, 4.69) is 6.92 Å². The number of rotatable bonds is 5. The van der Waals surface area contributed by atoms with Gasteiger partial charge < -0.3 is 5.11 Å². The Labute approximate surface area is 74.0 Å². The van der Waals surface area contributed by atoms with E-state index in [1.54, 1.807) is 0 Å². The van der Waals surface area contributed by atoms with Crippen molar-refractivity contribution in [1.82, 2.24) is 0 Å². The first kappa shape index (κ1) is 9.56. The highest BCUT2D eigenvalue weighted by Crippen LogP contribution is 2.36. The second kappa shape index (κ2) is 4.48. The Kier molecular flexibility index (Phi) is 3.57. The minimum Gasteiger partial charge on any atom is -0.481 e. The topological polar surface area (TPSA) is 37.3 Å². The van der Waals surface area contributed by atoms with E-state index in [0.717, 1.165) is 32.1 Å². The molecule has 70 valence electrons. The van der Waals surface area contributed by atoms with Crippen molar-refractivity contribution in [2.75, 3.05) is 0 Å². The Morgan fingerprint density at radius 3 is 2.58 bits per heavy atom. The minimum absolute atomic E-state index is 0.0429. The van der Waals surface area contributed by atoms with Crippen molar-refractivity contribution in [3.05, 3.63) is 0 Å². The van der Waals surface area contributed by atoms with Crippen molar-refractivity contribution in [3.63, 3.8) is 0 Å². The van der Waals surface area contributed by atoms with E-state index in [1.165, 1.54) is 6.42 Å². The summed E-state index contributed by atoms with van der Waals surface area (Å²) in [6.07, 6.45) is 6.57. The minimum atomic E-state index is -0.576. The van der Waals surface area contributed by atoms with Gasteiger partial charge in [0.05, 0.1) is 5.92 Å². The van der Waals surface area contributed by atoms with E-state index in [0.29, 0.717) is 5.92 Å². The third-order valence-corrected chi connectivity index (χ3v) is 2.90. The quantitative estimate of drug-likeness (QED) is 0.688. The van der Waals surface area contributed by atoms with Crippen LogP contribution in [0.2, 0.25) is 0 Å². The fraction of sp³-hybridized carbons (Fsp3) is 0.900. The zero-order valence-corrected chi connectivity index (χ0v) is 7.75. The van der Waals surface area contributed by atoms with Crippen LogP contribution in [0.3, 0.4) is 0 Å². The molecule has 0 aromatic rings. The molecule has 0 aliphatic heterocycles. The summed E-state index contributed by atoms with van der Waals surface area (Å²) in [5.41, 5.74) is 0. The van der Waals surface area contributed by atoms with Crippen molar-refractivity contribution >= 4 is 5.97 Å². The number of carbonyl (C=O) groups is 1. The standard InChI is InChI=1S/C10H18O2/c1-2-3-7-9(10(11)12)8-5-4-6-8/h8-9H,2-7H2,1H3,(H,11,12)/t9-/m0/s1. The van der Waals surface area contributed by atoms with E-state index in [9.17, 15) is 4.79 Å². The van der Waals surface area contributed by atoms with Crippen molar-refractivity contribution in [3.8, 4) is 0 Å². The molecule has 12 heavy (non-hydrogen) atoms. The number of carboxylic acid groups (broad SMARTS) is 1. The van der Waals surface area contributed by atoms with Crippen LogP contribution in [0.5, 0.6) is 0 Å². The molecule has 0 radical (unpaired) electrons. The van der Waals surface area contributed by atoms with Gasteiger partial charge in [0.2, 0.25) is 0 Å². The Hall–Kier alpha value is -0.530. The fourth-order valence-corrected chi connectivity index (χ4v) is 1.83. The van der Waals surface area contributed by atoms with Gasteiger partial charge in [0, 0.05) is 0 Å². The van der Waals surface area contributed by atoms with Crippen LogP contribution in [0.4, 0.5) is 0 Å². The zero-order valence-electron chi connectivity index (χ0n) is 7.75. The normalized spacial score (nSPS) is 20.1. The molecule has 1 atom stereocenters. The first-order valence-electron chi connectivity index (χ1n) is 4.98. The lowest BCUT2D eigenvalue weighted by atomic mass is 9.74. The van der Waals surface area contributed by atoms with Crippen molar-refractivity contribution in [1.29, 1.82) is 0 Å². The van der Waals surface area contributed by atoms with Crippen LogP contribution in [0.25, 0.3) is 0 Å². The van der Waals surface area contributed by atoms with E-state index in [1.807, 2.05) is 0 Å². The molecule has 1 aliphatic rings. The lowest BCUT2D eigenvalue weighted by Crippen LogP contribution is -2.28. The van der Waals surface area contributed by atoms with Crippen LogP contribution >= 0.6 is 0 Å². The Balaban J connectivity index is 2.32. The van der Waals surface area contributed by atoms with Gasteiger partial charge in [-0.2, -0.15) is 0 Å². The van der Waals surface area contributed by atoms with Crippen LogP contribution in [-0.2, 0) is 4.79 Å². The monoisotopic (exact) mass is 170 g/mol. The Bertz CT molecular complexity index is 150. The molecule has 1 fully saturated rings. The zero-order chi connectivity index (χ0) is 8.97. The van der Waals surface area contributed by atoms with Gasteiger partial charge in [-0.05, 0) is 25.2 Å². The predicted molar refractivity (Wildman–Crippen MR) is 48.0 cm³/mol. The summed E-state index contributed by atoms with van der Waals surface area (Å²) < 4.78 is 0. The summed E-state index contributed by atoms with van der Waals surface area (Å²) in [5, 5.41) is 8.94. The van der Waals surface area contributed by atoms with Crippen LogP contribution in [-0.4, -0.2) is 11.1 Å². The Morgan fingerprint density at radius 1 is 1.58 bits per heavy atom. The second-order valence-corrected chi connectivity index (χ2v) is 3.78. The average Bonchev–Trinajstić information content (AvgIpc) is 1.93. The molecular formula is C10H18O2. The molecule has 0 aromatic heterocycles. The summed E-state index contributed by atoms with van der Waals surface area (Å²) >= 11 is 0. The third-order valence-electron chi connectivity index (χ3n) is 2.90. The third kappa shape index (κ3) is 2.23. The van der Waals surface area contributed by atoms with E-state index in [-0.39, 0.29) is 5.92 Å². The van der Waals surface area contributed by atoms with Gasteiger partial charge in [0.25, 0.3) is 0 Å². The number of hydrogen-bond acceptors (Lipinski definition) is 1. The average molecular weight is 170 g/mol. The highest BCUT2D eigenvalue weighted by Gasteiger charge is 2.31. The largest absolute Gasteiger partial charge is 0.481 e. The van der Waals surface area contributed by atoms with E-state index < -0.39 is 5.97 Å². The molecule has 2 nitrogen and oxygen atoms in total. The molecule has 1 aliphatic carbocycles. The predicted octanol–water partition coefficient (Wildman–Crippen LogP) is 2.68. The lowest BCUT2D eigenvalue weighted by molar-refractivity contribution is -0.145. The van der Waals surface area contributed by atoms with Gasteiger partial charge in [-0.1, -0.05) is 26.2 Å². The Morgan fingerprint density at radius 2 is 2.25 bits per heavy atom. The highest BCUT2D eigenvalue weighted by atomic mass is 16.4. The molecule has 2 heteroatoms. The van der Waals surface area contributed by atoms with Crippen molar-refractivity contribution in [2.24, 2.45) is 11.8 Å². The highest BCUT2D eigenvalue weighted by molar-refractivity contribution is 5.70. The second-order valence-electron chi connectivity index (χ2n) is 3.78. The molecule has 0 aromatic carbocycles. The summed E-state index contributed by atoms with van der Waals surface area (Å²) in [7, 11) is 0. The summed E-state index contributed by atoms with van der Waals surface area (Å²) in [4.78, 5) is 10.8. The molecule has 0 unspecified atom stereocenters. The maximum atomic E-state index is 10.8. The van der Waals surface area contributed by atoms with Gasteiger partial charge in [-0.25, -0.2) is 0 Å². The number of unbranched alkanes of at least 4 members (excludes halogenated alkanes) is 1. The fourth-order valence-electron chi connectivity index (χ4n) is 1.83. The van der Waals surface area contributed by atoms with Crippen LogP contribution in [0, 0.1) is 11.8 Å². The molecule has 1 saturated carbocycles. The molecule has 0 spiro atoms. The van der Waals surface area contributed by atoms with Crippen molar-refractivity contribution in [2.45, 2.75) is 45.4 Å². The van der Waals surface area contributed by atoms with Gasteiger partial charge >= 0.3 is 5.97 Å². The van der Waals surface area contributed by atoms with Gasteiger partial charge in [-0.15, -0.1) is 0 Å². The summed E-state index contributed by atoms with van der Waals surface area (Å²) in [6, 6.07) is 0. The summed E-state index contributed by atoms with van der Waals surface area (Å²) in [5.74, 6) is -0.124.